The van der Waals surface area contributed by atoms with Crippen molar-refractivity contribution in [1.82, 2.24) is 0 Å². The van der Waals surface area contributed by atoms with Gasteiger partial charge in [-0.3, -0.25) is 0 Å². The third-order valence-electron chi connectivity index (χ3n) is 1.30. The topological polar surface area (TPSA) is 38.7 Å². The van der Waals surface area contributed by atoms with E-state index in [0.717, 1.165) is 0 Å². The van der Waals surface area contributed by atoms with Crippen molar-refractivity contribution >= 4 is 0 Å². The maximum atomic E-state index is 9.35. The zero-order valence-corrected chi connectivity index (χ0v) is 7.05. The molecule has 0 bridgehead atoms. The van der Waals surface area contributed by atoms with E-state index in [1.54, 1.807) is 0 Å². The minimum atomic E-state index is -1.39. The Morgan fingerprint density at radius 1 is 1.30 bits per heavy atom. The standard InChI is InChI=1S/C7H16O3/c1-6(2)5-7(8,9-3)10-4/h6,8H,5H2,1-4H3. The van der Waals surface area contributed by atoms with Gasteiger partial charge in [0.2, 0.25) is 0 Å². The summed E-state index contributed by atoms with van der Waals surface area (Å²) < 4.78 is 9.46. The highest BCUT2D eigenvalue weighted by molar-refractivity contribution is 4.55. The van der Waals surface area contributed by atoms with Crippen LogP contribution < -0.4 is 0 Å². The zero-order valence-electron chi connectivity index (χ0n) is 7.05. The molecule has 0 aromatic heterocycles. The average Bonchev–Trinajstić information content (AvgIpc) is 1.87. The molecular formula is C7H16O3. The highest BCUT2D eigenvalue weighted by Gasteiger charge is 2.26. The lowest BCUT2D eigenvalue weighted by Crippen LogP contribution is -2.34. The Hall–Kier alpha value is -0.120. The second-order valence-electron chi connectivity index (χ2n) is 2.72. The average molecular weight is 148 g/mol. The van der Waals surface area contributed by atoms with Crippen molar-refractivity contribution in [2.45, 2.75) is 26.2 Å². The molecule has 3 nitrogen and oxygen atoms in total. The first-order valence-electron chi connectivity index (χ1n) is 3.36. The fourth-order valence-corrected chi connectivity index (χ4v) is 0.766. The van der Waals surface area contributed by atoms with Crippen molar-refractivity contribution in [3.8, 4) is 0 Å². The van der Waals surface area contributed by atoms with Gasteiger partial charge in [-0.15, -0.1) is 0 Å². The first-order valence-corrected chi connectivity index (χ1v) is 3.36. The molecule has 62 valence electrons. The van der Waals surface area contributed by atoms with Crippen molar-refractivity contribution in [2.24, 2.45) is 5.92 Å². The van der Waals surface area contributed by atoms with Crippen LogP contribution in [0, 0.1) is 5.92 Å². The van der Waals surface area contributed by atoms with Crippen molar-refractivity contribution in [1.29, 1.82) is 0 Å². The van der Waals surface area contributed by atoms with Gasteiger partial charge in [-0.25, -0.2) is 0 Å². The van der Waals surface area contributed by atoms with Gasteiger partial charge in [-0.05, 0) is 5.92 Å². The van der Waals surface area contributed by atoms with Crippen LogP contribution in [0.5, 0.6) is 0 Å². The molecule has 0 saturated heterocycles. The highest BCUT2D eigenvalue weighted by atomic mass is 16.8. The fraction of sp³-hybridized carbons (Fsp3) is 1.00. The number of ether oxygens (including phenoxy) is 2. The van der Waals surface area contributed by atoms with E-state index in [9.17, 15) is 5.11 Å². The van der Waals surface area contributed by atoms with E-state index in [-0.39, 0.29) is 0 Å². The fourth-order valence-electron chi connectivity index (χ4n) is 0.766. The summed E-state index contributed by atoms with van der Waals surface area (Å²) in [5.74, 6) is -1.04. The third kappa shape index (κ3) is 3.15. The predicted octanol–water partition coefficient (Wildman–Crippen LogP) is 0.971. The first-order chi connectivity index (χ1) is 4.54. The number of hydrogen-bond acceptors (Lipinski definition) is 3. The maximum absolute atomic E-state index is 9.35. The Labute approximate surface area is 62.0 Å². The summed E-state index contributed by atoms with van der Waals surface area (Å²) in [6.45, 7) is 3.98. The molecule has 0 aromatic rings. The normalized spacial score (nSPS) is 12.6. The lowest BCUT2D eigenvalue weighted by Gasteiger charge is -2.25. The van der Waals surface area contributed by atoms with Crippen LogP contribution in [0.1, 0.15) is 20.3 Å². The molecule has 3 heteroatoms. The Kier molecular flexibility index (Phi) is 3.86. The maximum Gasteiger partial charge on any atom is 0.280 e. The molecule has 0 aliphatic heterocycles. The van der Waals surface area contributed by atoms with Gasteiger partial charge in [0.15, 0.2) is 0 Å². The van der Waals surface area contributed by atoms with Gasteiger partial charge >= 0.3 is 0 Å². The number of methoxy groups -OCH3 is 2. The van der Waals surface area contributed by atoms with Gasteiger partial charge in [0.25, 0.3) is 5.97 Å². The summed E-state index contributed by atoms with van der Waals surface area (Å²) in [7, 11) is 2.84. The lowest BCUT2D eigenvalue weighted by atomic mass is 10.1. The van der Waals surface area contributed by atoms with Gasteiger partial charge in [-0.2, -0.15) is 0 Å². The van der Waals surface area contributed by atoms with E-state index in [1.165, 1.54) is 14.2 Å². The van der Waals surface area contributed by atoms with E-state index in [1.807, 2.05) is 13.8 Å². The van der Waals surface area contributed by atoms with Crippen LogP contribution in [0.15, 0.2) is 0 Å². The van der Waals surface area contributed by atoms with E-state index < -0.39 is 5.97 Å². The quantitative estimate of drug-likeness (QED) is 0.604. The molecule has 1 N–H and O–H groups in total. The molecule has 0 radical (unpaired) electrons. The molecule has 0 aromatic carbocycles. The Balaban J connectivity index is 3.80. The summed E-state index contributed by atoms with van der Waals surface area (Å²) in [4.78, 5) is 0. The van der Waals surface area contributed by atoms with Crippen LogP contribution in [-0.4, -0.2) is 25.3 Å². The lowest BCUT2D eigenvalue weighted by molar-refractivity contribution is -0.346. The van der Waals surface area contributed by atoms with Crippen LogP contribution >= 0.6 is 0 Å². The van der Waals surface area contributed by atoms with Crippen LogP contribution in [0.25, 0.3) is 0 Å². The zero-order chi connectivity index (χ0) is 8.20. The largest absolute Gasteiger partial charge is 0.343 e. The molecule has 0 atom stereocenters. The van der Waals surface area contributed by atoms with Gasteiger partial charge in [0, 0.05) is 20.6 Å². The molecule has 0 aliphatic carbocycles. The Bertz CT molecular complexity index is 86.9. The molecular weight excluding hydrogens is 132 g/mol. The second kappa shape index (κ2) is 3.91. The molecule has 0 unspecified atom stereocenters. The summed E-state index contributed by atoms with van der Waals surface area (Å²) in [6, 6.07) is 0. The number of rotatable bonds is 4. The minimum absolute atomic E-state index is 0.352. The van der Waals surface area contributed by atoms with Gasteiger partial charge in [0.1, 0.15) is 0 Å². The molecule has 10 heavy (non-hydrogen) atoms. The molecule has 0 rings (SSSR count). The smallest absolute Gasteiger partial charge is 0.280 e. The monoisotopic (exact) mass is 148 g/mol. The van der Waals surface area contributed by atoms with Crippen LogP contribution in [-0.2, 0) is 9.47 Å². The van der Waals surface area contributed by atoms with Crippen molar-refractivity contribution in [3.63, 3.8) is 0 Å². The SMILES string of the molecule is COC(O)(CC(C)C)OC. The minimum Gasteiger partial charge on any atom is -0.343 e. The van der Waals surface area contributed by atoms with Crippen LogP contribution in [0.2, 0.25) is 0 Å². The van der Waals surface area contributed by atoms with Crippen molar-refractivity contribution < 1.29 is 14.6 Å². The van der Waals surface area contributed by atoms with Crippen LogP contribution in [0.4, 0.5) is 0 Å². The van der Waals surface area contributed by atoms with Crippen LogP contribution in [0.3, 0.4) is 0 Å². The summed E-state index contributed by atoms with van der Waals surface area (Å²) in [5.41, 5.74) is 0. The number of aliphatic hydroxyl groups is 1. The van der Waals surface area contributed by atoms with E-state index in [0.29, 0.717) is 12.3 Å². The predicted molar refractivity (Wildman–Crippen MR) is 38.4 cm³/mol. The molecule has 0 aliphatic rings. The van der Waals surface area contributed by atoms with Gasteiger partial charge < -0.3 is 14.6 Å². The Morgan fingerprint density at radius 2 is 1.70 bits per heavy atom. The van der Waals surface area contributed by atoms with E-state index in [4.69, 9.17) is 9.47 Å². The Morgan fingerprint density at radius 3 is 1.80 bits per heavy atom. The summed E-state index contributed by atoms with van der Waals surface area (Å²) in [5, 5.41) is 9.35. The van der Waals surface area contributed by atoms with E-state index >= 15 is 0 Å². The molecule has 0 fully saturated rings. The van der Waals surface area contributed by atoms with Gasteiger partial charge in [-0.1, -0.05) is 13.8 Å². The third-order valence-corrected chi connectivity index (χ3v) is 1.30. The van der Waals surface area contributed by atoms with Crippen molar-refractivity contribution in [3.05, 3.63) is 0 Å². The molecule has 0 saturated carbocycles. The van der Waals surface area contributed by atoms with Crippen molar-refractivity contribution in [2.75, 3.05) is 14.2 Å². The molecule has 0 amide bonds. The first kappa shape index (κ1) is 9.88. The van der Waals surface area contributed by atoms with Gasteiger partial charge in [0.05, 0.1) is 0 Å². The summed E-state index contributed by atoms with van der Waals surface area (Å²) in [6.07, 6.45) is 0.486. The number of hydrogen-bond donors (Lipinski definition) is 1. The highest BCUT2D eigenvalue weighted by Crippen LogP contribution is 2.17. The van der Waals surface area contributed by atoms with E-state index in [2.05, 4.69) is 0 Å². The molecule has 0 spiro atoms. The summed E-state index contributed by atoms with van der Waals surface area (Å²) >= 11 is 0. The molecule has 0 heterocycles. The second-order valence-corrected chi connectivity index (χ2v) is 2.72.